The Morgan fingerprint density at radius 2 is 2.35 bits per heavy atom. The second kappa shape index (κ2) is 5.79. The van der Waals surface area contributed by atoms with Crippen molar-refractivity contribution in [2.24, 2.45) is 0 Å². The number of anilines is 2. The Morgan fingerprint density at radius 1 is 1.55 bits per heavy atom. The number of nitrogens with one attached hydrogen (secondary N) is 1. The normalized spacial score (nSPS) is 10.0. The van der Waals surface area contributed by atoms with E-state index in [1.165, 1.54) is 29.2 Å². The number of rotatable bonds is 4. The average molecular weight is 274 g/mol. The minimum atomic E-state index is -0.533. The minimum Gasteiger partial charge on any atom is -0.396 e. The molecular weight excluding hydrogens is 263 g/mol. The molecule has 1 aromatic heterocycles. The van der Waals surface area contributed by atoms with E-state index >= 15 is 0 Å². The summed E-state index contributed by atoms with van der Waals surface area (Å²) in [5, 5.41) is 15.0. The molecule has 7 nitrogen and oxygen atoms in total. The van der Waals surface area contributed by atoms with E-state index in [0.717, 1.165) is 0 Å². The SMILES string of the molecule is N#Cc1ncn(CCC(=O)Nc2ccc(F)c(N)c2)n1. The summed E-state index contributed by atoms with van der Waals surface area (Å²) in [5.41, 5.74) is 5.79. The van der Waals surface area contributed by atoms with Gasteiger partial charge >= 0.3 is 0 Å². The molecule has 20 heavy (non-hydrogen) atoms. The first-order valence-electron chi connectivity index (χ1n) is 5.73. The molecule has 0 fully saturated rings. The molecule has 0 saturated carbocycles. The van der Waals surface area contributed by atoms with Crippen molar-refractivity contribution in [3.05, 3.63) is 36.2 Å². The number of nitriles is 1. The monoisotopic (exact) mass is 274 g/mol. The van der Waals surface area contributed by atoms with Gasteiger partial charge in [-0.2, -0.15) is 5.26 Å². The van der Waals surface area contributed by atoms with Gasteiger partial charge in [0, 0.05) is 12.1 Å². The Morgan fingerprint density at radius 3 is 3.00 bits per heavy atom. The molecule has 0 saturated heterocycles. The number of nitrogen functional groups attached to an aromatic ring is 1. The summed E-state index contributed by atoms with van der Waals surface area (Å²) in [7, 11) is 0. The third-order valence-corrected chi connectivity index (χ3v) is 2.48. The predicted octanol–water partition coefficient (Wildman–Crippen LogP) is 0.900. The number of aryl methyl sites for hydroxylation is 1. The van der Waals surface area contributed by atoms with E-state index in [0.29, 0.717) is 5.69 Å². The maximum absolute atomic E-state index is 13.0. The van der Waals surface area contributed by atoms with Gasteiger partial charge in [-0.3, -0.25) is 9.48 Å². The van der Waals surface area contributed by atoms with E-state index in [-0.39, 0.29) is 30.4 Å². The summed E-state index contributed by atoms with van der Waals surface area (Å²) in [6.45, 7) is 0.289. The van der Waals surface area contributed by atoms with Gasteiger partial charge in [-0.25, -0.2) is 9.37 Å². The highest BCUT2D eigenvalue weighted by molar-refractivity contribution is 5.91. The van der Waals surface area contributed by atoms with Crippen LogP contribution in [0.1, 0.15) is 12.2 Å². The third kappa shape index (κ3) is 3.29. The van der Waals surface area contributed by atoms with Crippen LogP contribution in [0.4, 0.5) is 15.8 Å². The van der Waals surface area contributed by atoms with Crippen molar-refractivity contribution in [2.75, 3.05) is 11.1 Å². The highest BCUT2D eigenvalue weighted by Gasteiger charge is 2.06. The van der Waals surface area contributed by atoms with Gasteiger partial charge in [0.15, 0.2) is 0 Å². The van der Waals surface area contributed by atoms with Crippen molar-refractivity contribution < 1.29 is 9.18 Å². The summed E-state index contributed by atoms with van der Waals surface area (Å²) < 4.78 is 14.4. The molecule has 0 bridgehead atoms. The van der Waals surface area contributed by atoms with Crippen LogP contribution in [0.15, 0.2) is 24.5 Å². The van der Waals surface area contributed by atoms with Crippen LogP contribution < -0.4 is 11.1 Å². The van der Waals surface area contributed by atoms with E-state index < -0.39 is 5.82 Å². The standard InChI is InChI=1S/C12H11FN6O/c13-9-2-1-8(5-10(9)15)17-12(20)3-4-19-7-16-11(6-14)18-19/h1-2,5,7H,3-4,15H2,(H,17,20). The quantitative estimate of drug-likeness (QED) is 0.805. The van der Waals surface area contributed by atoms with Crippen molar-refractivity contribution in [2.45, 2.75) is 13.0 Å². The number of carbonyl (C=O) groups is 1. The number of nitrogens with zero attached hydrogens (tertiary/aromatic N) is 4. The summed E-state index contributed by atoms with van der Waals surface area (Å²) in [6, 6.07) is 5.74. The molecule has 0 aliphatic heterocycles. The Kier molecular flexibility index (Phi) is 3.91. The zero-order chi connectivity index (χ0) is 14.5. The second-order valence-electron chi connectivity index (χ2n) is 3.98. The van der Waals surface area contributed by atoms with Gasteiger partial charge in [-0.05, 0) is 18.2 Å². The summed E-state index contributed by atoms with van der Waals surface area (Å²) in [6.07, 6.45) is 1.52. The lowest BCUT2D eigenvalue weighted by molar-refractivity contribution is -0.116. The first-order chi connectivity index (χ1) is 9.58. The lowest BCUT2D eigenvalue weighted by Crippen LogP contribution is -2.15. The molecule has 8 heteroatoms. The fraction of sp³-hybridized carbons (Fsp3) is 0.167. The molecular formula is C12H11FN6O. The highest BCUT2D eigenvalue weighted by atomic mass is 19.1. The fourth-order valence-corrected chi connectivity index (χ4v) is 1.51. The summed E-state index contributed by atoms with van der Waals surface area (Å²) in [5.74, 6) is -0.753. The van der Waals surface area contributed by atoms with Gasteiger partial charge < -0.3 is 11.1 Å². The maximum atomic E-state index is 13.0. The minimum absolute atomic E-state index is 0.0299. The summed E-state index contributed by atoms with van der Waals surface area (Å²) >= 11 is 0. The van der Waals surface area contributed by atoms with Gasteiger partial charge in [-0.15, -0.1) is 5.10 Å². The molecule has 102 valence electrons. The van der Waals surface area contributed by atoms with Crippen molar-refractivity contribution >= 4 is 17.3 Å². The van der Waals surface area contributed by atoms with E-state index in [1.54, 1.807) is 6.07 Å². The molecule has 1 amide bonds. The van der Waals surface area contributed by atoms with Crippen LogP contribution in [-0.2, 0) is 11.3 Å². The van der Waals surface area contributed by atoms with Crippen LogP contribution in [0.3, 0.4) is 0 Å². The number of benzene rings is 1. The van der Waals surface area contributed by atoms with Crippen molar-refractivity contribution in [3.63, 3.8) is 0 Å². The Balaban J connectivity index is 1.89. The van der Waals surface area contributed by atoms with Crippen molar-refractivity contribution in [3.8, 4) is 6.07 Å². The van der Waals surface area contributed by atoms with Crippen LogP contribution in [0.5, 0.6) is 0 Å². The fourth-order valence-electron chi connectivity index (χ4n) is 1.51. The molecule has 0 unspecified atom stereocenters. The van der Waals surface area contributed by atoms with Gasteiger partial charge in [0.2, 0.25) is 5.91 Å². The molecule has 2 aromatic rings. The zero-order valence-corrected chi connectivity index (χ0v) is 10.4. The highest BCUT2D eigenvalue weighted by Crippen LogP contribution is 2.16. The molecule has 3 N–H and O–H groups in total. The van der Waals surface area contributed by atoms with Crippen LogP contribution in [-0.4, -0.2) is 20.7 Å². The topological polar surface area (TPSA) is 110 Å². The lowest BCUT2D eigenvalue weighted by atomic mass is 10.2. The lowest BCUT2D eigenvalue weighted by Gasteiger charge is -2.06. The average Bonchev–Trinajstić information content (AvgIpc) is 2.89. The Labute approximate surface area is 113 Å². The Bertz CT molecular complexity index is 675. The number of halogens is 1. The molecule has 1 aromatic carbocycles. The largest absolute Gasteiger partial charge is 0.396 e. The number of hydrogen-bond donors (Lipinski definition) is 2. The van der Waals surface area contributed by atoms with Crippen LogP contribution in [0.2, 0.25) is 0 Å². The molecule has 0 aliphatic carbocycles. The smallest absolute Gasteiger partial charge is 0.252 e. The van der Waals surface area contributed by atoms with Gasteiger partial charge in [0.1, 0.15) is 18.2 Å². The van der Waals surface area contributed by atoms with Gasteiger partial charge in [-0.1, -0.05) is 0 Å². The van der Waals surface area contributed by atoms with Gasteiger partial charge in [0.05, 0.1) is 12.2 Å². The summed E-state index contributed by atoms with van der Waals surface area (Å²) in [4.78, 5) is 15.4. The molecule has 0 radical (unpaired) electrons. The molecule has 0 atom stereocenters. The van der Waals surface area contributed by atoms with E-state index in [9.17, 15) is 9.18 Å². The maximum Gasteiger partial charge on any atom is 0.252 e. The van der Waals surface area contributed by atoms with Crippen molar-refractivity contribution in [1.29, 1.82) is 5.26 Å². The van der Waals surface area contributed by atoms with Crippen LogP contribution in [0, 0.1) is 17.1 Å². The molecule has 0 spiro atoms. The van der Waals surface area contributed by atoms with E-state index in [1.807, 2.05) is 0 Å². The van der Waals surface area contributed by atoms with Crippen LogP contribution >= 0.6 is 0 Å². The van der Waals surface area contributed by atoms with Crippen LogP contribution in [0.25, 0.3) is 0 Å². The predicted molar refractivity (Wildman–Crippen MR) is 68.8 cm³/mol. The number of amides is 1. The Hall–Kier alpha value is -2.95. The molecule has 1 heterocycles. The first kappa shape index (κ1) is 13.5. The number of nitrogens with two attached hydrogens (primary N) is 1. The number of aromatic nitrogens is 3. The van der Waals surface area contributed by atoms with E-state index in [2.05, 4.69) is 15.4 Å². The number of carbonyl (C=O) groups excluding carboxylic acids is 1. The number of hydrogen-bond acceptors (Lipinski definition) is 5. The molecule has 0 aliphatic rings. The van der Waals surface area contributed by atoms with Crippen molar-refractivity contribution in [1.82, 2.24) is 14.8 Å². The molecule has 2 rings (SSSR count). The van der Waals surface area contributed by atoms with E-state index in [4.69, 9.17) is 11.0 Å². The zero-order valence-electron chi connectivity index (χ0n) is 10.4. The van der Waals surface area contributed by atoms with Gasteiger partial charge in [0.25, 0.3) is 5.82 Å². The second-order valence-corrected chi connectivity index (χ2v) is 3.98. The first-order valence-corrected chi connectivity index (χ1v) is 5.73. The third-order valence-electron chi connectivity index (χ3n) is 2.48.